The van der Waals surface area contributed by atoms with Crippen molar-refractivity contribution in [3.63, 3.8) is 0 Å². The molecule has 2 aliphatic heterocycles. The normalized spacial score (nSPS) is 18.4. The number of nitrogens with zero attached hydrogens (tertiary/aromatic N) is 4. The number of carbonyl (C=O) groups excluding carboxylic acids is 1. The molecule has 11 heteroatoms. The third kappa shape index (κ3) is 5.18. The van der Waals surface area contributed by atoms with Gasteiger partial charge in [0, 0.05) is 38.1 Å². The second-order valence-electron chi connectivity index (χ2n) is 8.55. The number of rotatable bonds is 5. The zero-order valence-corrected chi connectivity index (χ0v) is 20.4. The Morgan fingerprint density at radius 1 is 1.19 bits per heavy atom. The van der Waals surface area contributed by atoms with Gasteiger partial charge in [-0.15, -0.1) is 0 Å². The van der Waals surface area contributed by atoms with E-state index in [1.165, 1.54) is 6.07 Å². The summed E-state index contributed by atoms with van der Waals surface area (Å²) < 4.78 is 49.4. The first kappa shape index (κ1) is 25.9. The molecule has 1 fully saturated rings. The van der Waals surface area contributed by atoms with Crippen molar-refractivity contribution in [3.8, 4) is 6.07 Å². The van der Waals surface area contributed by atoms with Crippen LogP contribution in [-0.4, -0.2) is 43.7 Å². The van der Waals surface area contributed by atoms with Crippen LogP contribution in [-0.2, 0) is 20.4 Å². The lowest BCUT2D eigenvalue weighted by atomic mass is 9.82. The molecule has 3 heterocycles. The van der Waals surface area contributed by atoms with Gasteiger partial charge >= 0.3 is 12.1 Å². The summed E-state index contributed by atoms with van der Waals surface area (Å²) in [6.07, 6.45) is -3.60. The summed E-state index contributed by atoms with van der Waals surface area (Å²) in [6, 6.07) is 11.9. The van der Waals surface area contributed by atoms with Gasteiger partial charge in [0.2, 0.25) is 5.88 Å². The molecule has 2 aliphatic rings. The Kier molecular flexibility index (Phi) is 7.29. The van der Waals surface area contributed by atoms with Crippen LogP contribution in [0.25, 0.3) is 0 Å². The molecule has 1 aromatic carbocycles. The number of hydrogen-bond acceptors (Lipinski definition) is 8. The summed E-state index contributed by atoms with van der Waals surface area (Å²) in [5, 5.41) is 9.90. The highest BCUT2D eigenvalue weighted by Crippen LogP contribution is 2.43. The number of halogens is 3. The Hall–Kier alpha value is -4.20. The molecule has 0 saturated carbocycles. The molecule has 1 atom stereocenters. The Balaban J connectivity index is 1.62. The van der Waals surface area contributed by atoms with Gasteiger partial charge in [-0.3, -0.25) is 0 Å². The van der Waals surface area contributed by atoms with Gasteiger partial charge in [0.1, 0.15) is 23.2 Å². The fourth-order valence-corrected chi connectivity index (χ4v) is 4.60. The molecule has 8 nitrogen and oxygen atoms in total. The van der Waals surface area contributed by atoms with E-state index >= 15 is 0 Å². The Bertz CT molecular complexity index is 1270. The van der Waals surface area contributed by atoms with Gasteiger partial charge < -0.3 is 25.0 Å². The highest BCUT2D eigenvalue weighted by atomic mass is 19.4. The van der Waals surface area contributed by atoms with Gasteiger partial charge in [-0.25, -0.2) is 9.78 Å². The zero-order valence-electron chi connectivity index (χ0n) is 20.4. The minimum Gasteiger partial charge on any atom is -0.463 e. The van der Waals surface area contributed by atoms with Gasteiger partial charge in [0.25, 0.3) is 0 Å². The number of para-hydroxylation sites is 1. The summed E-state index contributed by atoms with van der Waals surface area (Å²) in [5.41, 5.74) is 7.10. The molecular weight excluding hydrogens is 487 g/mol. The minimum atomic E-state index is -4.44. The predicted molar refractivity (Wildman–Crippen MR) is 130 cm³/mol. The average Bonchev–Trinajstić information content (AvgIpc) is 2.88. The number of piperazine rings is 1. The van der Waals surface area contributed by atoms with E-state index in [2.05, 4.69) is 16.0 Å². The molecule has 2 aromatic rings. The van der Waals surface area contributed by atoms with E-state index in [4.69, 9.17) is 15.2 Å². The number of nitrogens with two attached hydrogens (primary N) is 1. The molecule has 37 heavy (non-hydrogen) atoms. The van der Waals surface area contributed by atoms with Crippen molar-refractivity contribution >= 4 is 17.5 Å². The number of hydrogen-bond donors (Lipinski definition) is 1. The molecule has 1 unspecified atom stereocenters. The molecule has 1 aromatic heterocycles. The second kappa shape index (κ2) is 10.4. The van der Waals surface area contributed by atoms with Crippen LogP contribution in [0.15, 0.2) is 65.4 Å². The Morgan fingerprint density at radius 3 is 2.46 bits per heavy atom. The number of anilines is 2. The number of benzene rings is 1. The van der Waals surface area contributed by atoms with Crippen LogP contribution in [0.2, 0.25) is 0 Å². The molecule has 0 bridgehead atoms. The Morgan fingerprint density at radius 2 is 1.86 bits per heavy atom. The third-order valence-electron chi connectivity index (χ3n) is 6.37. The fourth-order valence-electron chi connectivity index (χ4n) is 4.60. The number of alkyl halides is 3. The smallest absolute Gasteiger partial charge is 0.417 e. The van der Waals surface area contributed by atoms with E-state index in [1.54, 1.807) is 13.8 Å². The van der Waals surface area contributed by atoms with Crippen LogP contribution in [0.1, 0.15) is 30.9 Å². The van der Waals surface area contributed by atoms with E-state index in [0.717, 1.165) is 18.0 Å². The monoisotopic (exact) mass is 513 g/mol. The summed E-state index contributed by atoms with van der Waals surface area (Å²) in [7, 11) is 0. The maximum Gasteiger partial charge on any atom is 0.417 e. The summed E-state index contributed by atoms with van der Waals surface area (Å²) in [6.45, 7) is 5.58. The van der Waals surface area contributed by atoms with E-state index in [0.29, 0.717) is 37.6 Å². The molecular formula is C26H26F3N5O3. The Labute approximate surface area is 212 Å². The van der Waals surface area contributed by atoms with Crippen molar-refractivity contribution in [2.45, 2.75) is 25.9 Å². The number of carbonyl (C=O) groups is 1. The van der Waals surface area contributed by atoms with Crippen LogP contribution < -0.4 is 15.5 Å². The summed E-state index contributed by atoms with van der Waals surface area (Å²) in [5.74, 6) is -0.683. The van der Waals surface area contributed by atoms with Crippen molar-refractivity contribution in [1.82, 2.24) is 4.98 Å². The lowest BCUT2D eigenvalue weighted by molar-refractivity contribution is -0.139. The minimum absolute atomic E-state index is 0.0638. The molecule has 4 rings (SSSR count). The first-order chi connectivity index (χ1) is 17.7. The number of esters is 1. The van der Waals surface area contributed by atoms with Crippen LogP contribution in [0.4, 0.5) is 24.7 Å². The average molecular weight is 514 g/mol. The van der Waals surface area contributed by atoms with Crippen LogP contribution >= 0.6 is 0 Å². The number of allylic oxidation sites excluding steroid dienone is 2. The van der Waals surface area contributed by atoms with Gasteiger partial charge in [-0.05, 0) is 37.6 Å². The summed E-state index contributed by atoms with van der Waals surface area (Å²) >= 11 is 0. The van der Waals surface area contributed by atoms with Crippen LogP contribution in [0.3, 0.4) is 0 Å². The molecule has 1 saturated heterocycles. The molecule has 0 spiro atoms. The van der Waals surface area contributed by atoms with E-state index in [1.807, 2.05) is 29.2 Å². The van der Waals surface area contributed by atoms with Crippen molar-refractivity contribution in [3.05, 3.63) is 76.5 Å². The van der Waals surface area contributed by atoms with Crippen molar-refractivity contribution < 1.29 is 27.4 Å². The number of nitriles is 1. The molecule has 0 radical (unpaired) electrons. The molecule has 194 valence electrons. The maximum absolute atomic E-state index is 12.9. The number of aromatic nitrogens is 1. The highest BCUT2D eigenvalue weighted by Gasteiger charge is 2.38. The fraction of sp³-hybridized carbons (Fsp3) is 0.346. The van der Waals surface area contributed by atoms with Crippen molar-refractivity contribution in [1.29, 1.82) is 5.26 Å². The van der Waals surface area contributed by atoms with E-state index < -0.39 is 23.6 Å². The molecule has 0 aliphatic carbocycles. The largest absolute Gasteiger partial charge is 0.463 e. The lowest BCUT2D eigenvalue weighted by Crippen LogP contribution is -2.47. The van der Waals surface area contributed by atoms with Crippen molar-refractivity contribution in [2.75, 3.05) is 42.6 Å². The number of ether oxygens (including phenoxy) is 2. The van der Waals surface area contributed by atoms with Gasteiger partial charge in [0.05, 0.1) is 23.7 Å². The van der Waals surface area contributed by atoms with Crippen LogP contribution in [0.5, 0.6) is 0 Å². The van der Waals surface area contributed by atoms with Gasteiger partial charge in [-0.2, -0.15) is 18.4 Å². The standard InChI is InChI=1S/C26H26F3N5O3/c1-3-36-25(35)22-16(2)37-24(31)19(14-30)23(22)18-6-4-5-7-20(18)33-10-12-34(13-11-33)21-9-8-17(15-32-21)26(27,28)29/h4-9,15,23H,3,10-13,31H2,1-2H3. The topological polar surface area (TPSA) is 105 Å². The molecule has 0 amide bonds. The quantitative estimate of drug-likeness (QED) is 0.597. The summed E-state index contributed by atoms with van der Waals surface area (Å²) in [4.78, 5) is 20.9. The third-order valence-corrected chi connectivity index (χ3v) is 6.37. The first-order valence-corrected chi connectivity index (χ1v) is 11.7. The molecule has 2 N–H and O–H groups in total. The maximum atomic E-state index is 12.9. The van der Waals surface area contributed by atoms with Gasteiger partial charge in [0.15, 0.2) is 0 Å². The SMILES string of the molecule is CCOC(=O)C1=C(C)OC(N)=C(C#N)C1c1ccccc1N1CCN(c2ccc(C(F)(F)F)cn2)CC1. The van der Waals surface area contributed by atoms with E-state index in [-0.39, 0.29) is 29.4 Å². The van der Waals surface area contributed by atoms with Crippen molar-refractivity contribution in [2.24, 2.45) is 5.73 Å². The predicted octanol–water partition coefficient (Wildman–Crippen LogP) is 4.07. The van der Waals surface area contributed by atoms with Gasteiger partial charge in [-0.1, -0.05) is 18.2 Å². The highest BCUT2D eigenvalue weighted by molar-refractivity contribution is 5.93. The van der Waals surface area contributed by atoms with E-state index in [9.17, 15) is 23.2 Å². The first-order valence-electron chi connectivity index (χ1n) is 11.7. The number of pyridine rings is 1. The lowest BCUT2D eigenvalue weighted by Gasteiger charge is -2.38. The van der Waals surface area contributed by atoms with Crippen LogP contribution in [0, 0.1) is 11.3 Å². The zero-order chi connectivity index (χ0) is 26.7. The second-order valence-corrected chi connectivity index (χ2v) is 8.55.